The van der Waals surface area contributed by atoms with Crippen LogP contribution in [-0.2, 0) is 85.3 Å². The summed E-state index contributed by atoms with van der Waals surface area (Å²) in [5.41, 5.74) is 23.0. The van der Waals surface area contributed by atoms with E-state index < -0.39 is 22.5 Å². The van der Waals surface area contributed by atoms with E-state index in [1.165, 1.54) is 62.6 Å². The molecular formula is C117H122N20O11. The summed E-state index contributed by atoms with van der Waals surface area (Å²) in [6.07, 6.45) is 14.0. The summed E-state index contributed by atoms with van der Waals surface area (Å²) < 4.78 is 20.1. The van der Waals surface area contributed by atoms with Gasteiger partial charge in [0.15, 0.2) is 56.6 Å². The highest BCUT2D eigenvalue weighted by Crippen LogP contribution is 2.42. The van der Waals surface area contributed by atoms with Crippen LogP contribution in [0.5, 0.6) is 5.75 Å². The number of aromatic amines is 5. The minimum absolute atomic E-state index is 0.183. The second-order valence-corrected chi connectivity index (χ2v) is 37.2. The number of fused-ring (bicyclic) bond motifs is 10. The number of ether oxygens (including phenoxy) is 3. The van der Waals surface area contributed by atoms with Gasteiger partial charge in [0.25, 0.3) is 27.8 Å². The van der Waals surface area contributed by atoms with Gasteiger partial charge in [-0.1, -0.05) is 216 Å². The fraction of sp³-hybridized carbons (Fsp3) is 0.282. The largest absolute Gasteiger partial charge is 0.491 e. The van der Waals surface area contributed by atoms with Gasteiger partial charge in [-0.05, 0) is 239 Å². The summed E-state index contributed by atoms with van der Waals surface area (Å²) in [5.74, 6) is 2.75. The summed E-state index contributed by atoms with van der Waals surface area (Å²) in [7, 11) is 1.65. The van der Waals surface area contributed by atoms with Crippen LogP contribution in [0, 0.1) is 34.6 Å². The Morgan fingerprint density at radius 3 is 1.19 bits per heavy atom. The molecule has 0 bridgehead atoms. The minimum atomic E-state index is -0.642. The predicted octanol–water partition coefficient (Wildman–Crippen LogP) is 15.2. The molecule has 0 fully saturated rings. The molecule has 0 aliphatic carbocycles. The van der Waals surface area contributed by atoms with Crippen molar-refractivity contribution >= 4 is 99.4 Å². The zero-order valence-electron chi connectivity index (χ0n) is 85.3. The number of aromatic nitrogens is 14. The third kappa shape index (κ3) is 25.3. The van der Waals surface area contributed by atoms with Gasteiger partial charge in [0, 0.05) is 52.8 Å². The molecule has 0 amide bonds. The number of esters is 1. The molecule has 7 aliphatic heterocycles. The summed E-state index contributed by atoms with van der Waals surface area (Å²) in [5, 5.41) is 0.964. The fourth-order valence-electron chi connectivity index (χ4n) is 18.6. The zero-order chi connectivity index (χ0) is 104. The Bertz CT molecular complexity index is 8510. The van der Waals surface area contributed by atoms with Gasteiger partial charge in [0.2, 0.25) is 0 Å². The third-order valence-electron chi connectivity index (χ3n) is 26.0. The van der Waals surface area contributed by atoms with Crippen LogP contribution in [0.15, 0.2) is 261 Å². The number of aryl methyl sites for hydroxylation is 15. The van der Waals surface area contributed by atoms with Crippen molar-refractivity contribution in [3.8, 4) is 28.8 Å². The first-order valence-electron chi connectivity index (χ1n) is 50.3. The molecule has 0 saturated carbocycles. The van der Waals surface area contributed by atoms with Crippen molar-refractivity contribution < 1.29 is 19.0 Å². The monoisotopic (exact) mass is 1980 g/mol. The zero-order valence-corrected chi connectivity index (χ0v) is 85.3. The fourth-order valence-corrected chi connectivity index (χ4v) is 18.6. The van der Waals surface area contributed by atoms with Gasteiger partial charge < -0.3 is 53.0 Å². The molecule has 3 aromatic heterocycles. The Hall–Kier alpha value is -17.0. The van der Waals surface area contributed by atoms with Gasteiger partial charge in [-0.3, -0.25) is 38.7 Å². The van der Waals surface area contributed by atoms with Gasteiger partial charge in [-0.15, -0.1) is 0 Å². The van der Waals surface area contributed by atoms with Crippen molar-refractivity contribution in [3.05, 3.63) is 395 Å². The highest BCUT2D eigenvalue weighted by Gasteiger charge is 2.30. The van der Waals surface area contributed by atoms with Gasteiger partial charge >= 0.3 is 17.3 Å². The Kier molecular flexibility index (Phi) is 33.8. The lowest BCUT2D eigenvalue weighted by Crippen LogP contribution is -2.42. The molecule has 5 N–H and O–H groups in total. The smallest absolute Gasteiger partial charge is 0.349 e. The second kappa shape index (κ2) is 48.2. The van der Waals surface area contributed by atoms with Crippen molar-refractivity contribution in [1.82, 2.24) is 68.9 Å². The molecule has 10 heterocycles. The minimum Gasteiger partial charge on any atom is -0.491 e. The maximum atomic E-state index is 12.6. The molecule has 10 aromatic carbocycles. The number of hydrogen-bond acceptors (Lipinski definition) is 24. The molecule has 20 rings (SSSR count). The lowest BCUT2D eigenvalue weighted by molar-refractivity contribution is -0.142. The quantitative estimate of drug-likeness (QED) is 0.0153. The average Bonchev–Trinajstić information content (AvgIpc) is 0.776. The number of nitrogens with one attached hydrogen (secondary N) is 5. The number of carbonyl (C=O) groups is 1. The lowest BCUT2D eigenvalue weighted by atomic mass is 10.0. The van der Waals surface area contributed by atoms with Crippen molar-refractivity contribution in [2.24, 2.45) is 15.0 Å². The molecule has 0 radical (unpaired) electrons. The molecule has 756 valence electrons. The maximum Gasteiger partial charge on any atom is 0.349 e. The number of carbonyl (C=O) groups excluding carboxylic acids is 1. The van der Waals surface area contributed by atoms with E-state index in [0.717, 1.165) is 181 Å². The number of hydrogen-bond donors (Lipinski definition) is 5. The molecular weight excluding hydrogens is 1860 g/mol. The molecule has 0 atom stereocenters. The van der Waals surface area contributed by atoms with Crippen molar-refractivity contribution in [2.45, 2.75) is 178 Å². The van der Waals surface area contributed by atoms with Gasteiger partial charge in [-0.25, -0.2) is 49.5 Å². The number of rotatable bonds is 31. The van der Waals surface area contributed by atoms with Crippen molar-refractivity contribution in [2.75, 3.05) is 54.7 Å². The van der Waals surface area contributed by atoms with E-state index in [1.807, 2.05) is 124 Å². The van der Waals surface area contributed by atoms with Crippen LogP contribution in [0.3, 0.4) is 0 Å². The molecule has 7 aliphatic rings. The Labute approximate surface area is 854 Å². The van der Waals surface area contributed by atoms with Crippen LogP contribution in [0.1, 0.15) is 151 Å². The van der Waals surface area contributed by atoms with Gasteiger partial charge in [-0.2, -0.15) is 9.97 Å². The van der Waals surface area contributed by atoms with Gasteiger partial charge in [0.05, 0.1) is 62.8 Å². The third-order valence-corrected chi connectivity index (χ3v) is 26.0. The SMILES string of the molecule is C=c1nc2c(c(=O)[nH]1)=Nc1cc(C)c(CCC)cc1N2CCCc1ccccc1.C=c1nc2c(c(=O)[nH]1)=Nc1cc(C)c(COC(C)=O)cc1N2CCCc1ccccc1.C=c1nc2c(c(=O)[nH]1)=Nc1cc(C)c(OCCOC)cc1N2CCCc1ccccc1.CCCc1ccc2c(c1)nc1c(=O)[nH]c(=O)nc-1n2CCCc1ccc(C)cc1.CCc1ccc2c(c1)nc1c(=O)[nH]c(=O)nc-1n2CCCc1cccc(C)c1. The van der Waals surface area contributed by atoms with Crippen molar-refractivity contribution in [3.63, 3.8) is 0 Å². The molecule has 31 nitrogen and oxygen atoms in total. The van der Waals surface area contributed by atoms with Gasteiger partial charge in [0.1, 0.15) is 35.4 Å². The second-order valence-electron chi connectivity index (χ2n) is 37.2. The van der Waals surface area contributed by atoms with Crippen LogP contribution >= 0.6 is 0 Å². The van der Waals surface area contributed by atoms with E-state index in [-0.39, 0.29) is 46.0 Å². The topological polar surface area (TPSA) is 390 Å². The normalized spacial score (nSPS) is 11.8. The Balaban J connectivity index is 0.000000132. The highest BCUT2D eigenvalue weighted by molar-refractivity contribution is 5.83. The van der Waals surface area contributed by atoms with Crippen molar-refractivity contribution in [1.29, 1.82) is 0 Å². The summed E-state index contributed by atoms with van der Waals surface area (Å²) >= 11 is 0. The van der Waals surface area contributed by atoms with E-state index >= 15 is 0 Å². The average molecular weight is 1980 g/mol. The number of H-pyrrole nitrogens is 5. The van der Waals surface area contributed by atoms with Crippen LogP contribution < -0.4 is 91.1 Å². The van der Waals surface area contributed by atoms with Crippen LogP contribution in [0.2, 0.25) is 0 Å². The van der Waals surface area contributed by atoms with E-state index in [9.17, 15) is 38.4 Å². The molecule has 13 aromatic rings. The summed E-state index contributed by atoms with van der Waals surface area (Å²) in [4.78, 5) is 160. The predicted molar refractivity (Wildman–Crippen MR) is 583 cm³/mol. The molecule has 31 heteroatoms. The summed E-state index contributed by atoms with van der Waals surface area (Å²) in [6.45, 7) is 33.9. The number of methoxy groups -OCH3 is 1. The first kappa shape index (κ1) is 104. The first-order chi connectivity index (χ1) is 71.6. The molecule has 0 saturated heterocycles. The Morgan fingerprint density at radius 2 is 0.750 bits per heavy atom. The van der Waals surface area contributed by atoms with E-state index in [0.29, 0.717) is 101 Å². The van der Waals surface area contributed by atoms with Crippen LogP contribution in [0.25, 0.3) is 64.8 Å². The Morgan fingerprint density at radius 1 is 0.358 bits per heavy atom. The lowest BCUT2D eigenvalue weighted by Gasteiger charge is -2.29. The standard InChI is InChI=1S/C24H24N4O3.C24H26N4O3.C24H26N4O.C23H24N4O2.C22H22N4O2/c1-15-12-20-21(13-19(15)14-31-17(3)29)28(11-7-10-18-8-5-4-6-9-18)23-22(27-20)24(30)26-16(2)25-23;1-16-14-19-20(15-21(16)31-13-12-30-3)28(11-7-10-18-8-5-4-6-9-18)23-22(27-19)24(29)26-17(2)25-23;1-4-9-19-15-21-20(14-16(19)2)27-22-23(25-17(3)26-24(22)29)28(21)13-8-12-18-10-6-5-7-11-18;1-3-5-17-11-12-19-18(14-17)24-20-21(25-23(29)26-22(20)28)27(19)13-4-6-16-9-7-15(2)8-10-16;1-3-15-9-10-18-17(13-15)23-19-20(24-22(28)25-21(19)27)26(18)11-5-8-16-7-4-6-14(2)12-16/h4-6,8-9,12-13H,2,7,10-11,14H2,1,3H3,(H,26,30);4-6,8-9,14-15H,2,7,10-13H2,1,3H3,(H,26,29);5-7,10-11,14-15H,3-4,8-9,12-13H2,1-2H3,(H,26,29);7-12,14H,3-6,13H2,1-2H3,(H,26,28,29);4,6-7,9-10,12-13H,3,5,8,11H2,1-2H3,(H,25,27,28). The number of benzene rings is 10. The highest BCUT2D eigenvalue weighted by atomic mass is 16.5. The number of nitrogens with zero attached hydrogens (tertiary/aromatic N) is 15. The van der Waals surface area contributed by atoms with Crippen LogP contribution in [-0.4, -0.2) is 115 Å². The van der Waals surface area contributed by atoms with E-state index in [2.05, 4.69) is 262 Å². The molecule has 0 unspecified atom stereocenters. The summed E-state index contributed by atoms with van der Waals surface area (Å²) in [6, 6.07) is 72.3. The van der Waals surface area contributed by atoms with E-state index in [4.69, 9.17) is 14.2 Å². The van der Waals surface area contributed by atoms with E-state index in [1.54, 1.807) is 7.11 Å². The van der Waals surface area contributed by atoms with Crippen LogP contribution in [0.4, 0.5) is 51.6 Å². The first-order valence-corrected chi connectivity index (χ1v) is 50.3. The number of anilines is 6. The maximum absolute atomic E-state index is 12.6. The molecule has 148 heavy (non-hydrogen) atoms. The molecule has 0 spiro atoms.